The van der Waals surface area contributed by atoms with Crippen molar-refractivity contribution in [3.05, 3.63) is 24.3 Å². The van der Waals surface area contributed by atoms with Crippen molar-refractivity contribution in [2.24, 2.45) is 11.1 Å². The third kappa shape index (κ3) is 5.52. The molecule has 1 saturated heterocycles. The SMILES string of the molecule is CN(CC(C)(C)C)[C@@H](CN)C(=O)Nc1ccc(N2CCOCC2=O)cc1. The Kier molecular flexibility index (Phi) is 6.75. The molecule has 3 N–H and O–H groups in total. The van der Waals surface area contributed by atoms with Crippen LogP contribution in [0, 0.1) is 5.41 Å². The van der Waals surface area contributed by atoms with Crippen molar-refractivity contribution in [1.29, 1.82) is 0 Å². The van der Waals surface area contributed by atoms with E-state index in [1.807, 2.05) is 24.1 Å². The fourth-order valence-electron chi connectivity index (χ4n) is 3.09. The van der Waals surface area contributed by atoms with Crippen LogP contribution in [0.2, 0.25) is 0 Å². The Hall–Kier alpha value is -1.96. The highest BCUT2D eigenvalue weighted by molar-refractivity contribution is 5.97. The van der Waals surface area contributed by atoms with Crippen molar-refractivity contribution in [1.82, 2.24) is 4.90 Å². The van der Waals surface area contributed by atoms with E-state index >= 15 is 0 Å². The molecule has 1 aromatic rings. The quantitative estimate of drug-likeness (QED) is 0.796. The number of amides is 2. The third-order valence-electron chi connectivity index (χ3n) is 4.21. The van der Waals surface area contributed by atoms with Crippen LogP contribution >= 0.6 is 0 Å². The number of hydrogen-bond donors (Lipinski definition) is 2. The summed E-state index contributed by atoms with van der Waals surface area (Å²) in [6, 6.07) is 6.86. The van der Waals surface area contributed by atoms with Crippen LogP contribution in [-0.2, 0) is 14.3 Å². The molecule has 0 saturated carbocycles. The summed E-state index contributed by atoms with van der Waals surface area (Å²) in [6.45, 7) is 8.57. The van der Waals surface area contributed by atoms with Crippen LogP contribution in [0.3, 0.4) is 0 Å². The number of benzene rings is 1. The molecule has 0 bridgehead atoms. The van der Waals surface area contributed by atoms with Gasteiger partial charge in [0.1, 0.15) is 12.6 Å². The van der Waals surface area contributed by atoms with Gasteiger partial charge < -0.3 is 20.7 Å². The molecule has 1 aliphatic heterocycles. The van der Waals surface area contributed by atoms with Crippen molar-refractivity contribution < 1.29 is 14.3 Å². The lowest BCUT2D eigenvalue weighted by atomic mass is 9.95. The van der Waals surface area contributed by atoms with Crippen molar-refractivity contribution in [3.63, 3.8) is 0 Å². The summed E-state index contributed by atoms with van der Waals surface area (Å²) >= 11 is 0. The Morgan fingerprint density at radius 1 is 1.35 bits per heavy atom. The Morgan fingerprint density at radius 2 is 2.00 bits per heavy atom. The average Bonchev–Trinajstić information content (AvgIpc) is 2.55. The average molecular weight is 362 g/mol. The molecule has 2 amide bonds. The second-order valence-corrected chi connectivity index (χ2v) is 7.86. The monoisotopic (exact) mass is 362 g/mol. The van der Waals surface area contributed by atoms with Crippen LogP contribution in [0.15, 0.2) is 24.3 Å². The highest BCUT2D eigenvalue weighted by Crippen LogP contribution is 2.20. The van der Waals surface area contributed by atoms with Gasteiger partial charge in [0, 0.05) is 31.0 Å². The highest BCUT2D eigenvalue weighted by atomic mass is 16.5. The maximum absolute atomic E-state index is 12.6. The molecular weight excluding hydrogens is 332 g/mol. The summed E-state index contributed by atoms with van der Waals surface area (Å²) in [5, 5.41) is 2.91. The van der Waals surface area contributed by atoms with E-state index in [9.17, 15) is 9.59 Å². The van der Waals surface area contributed by atoms with E-state index in [2.05, 4.69) is 26.1 Å². The second-order valence-electron chi connectivity index (χ2n) is 7.86. The molecule has 7 nitrogen and oxygen atoms in total. The molecule has 2 rings (SSSR count). The van der Waals surface area contributed by atoms with Crippen LogP contribution in [0.5, 0.6) is 0 Å². The molecular formula is C19H30N4O3. The summed E-state index contributed by atoms with van der Waals surface area (Å²) in [4.78, 5) is 28.2. The summed E-state index contributed by atoms with van der Waals surface area (Å²) in [6.07, 6.45) is 0. The zero-order valence-electron chi connectivity index (χ0n) is 16.1. The molecule has 144 valence electrons. The normalized spacial score (nSPS) is 16.7. The van der Waals surface area contributed by atoms with Gasteiger partial charge in [0.2, 0.25) is 5.91 Å². The van der Waals surface area contributed by atoms with E-state index in [1.165, 1.54) is 0 Å². The first-order chi connectivity index (χ1) is 12.2. The lowest BCUT2D eigenvalue weighted by molar-refractivity contribution is -0.125. The molecule has 1 heterocycles. The van der Waals surface area contributed by atoms with E-state index in [0.717, 1.165) is 12.2 Å². The molecule has 0 spiro atoms. The Balaban J connectivity index is 2.00. The van der Waals surface area contributed by atoms with Crippen molar-refractivity contribution >= 4 is 23.2 Å². The number of hydrogen-bond acceptors (Lipinski definition) is 5. The van der Waals surface area contributed by atoms with Gasteiger partial charge in [-0.05, 0) is 36.7 Å². The van der Waals surface area contributed by atoms with Crippen LogP contribution in [0.4, 0.5) is 11.4 Å². The smallest absolute Gasteiger partial charge is 0.253 e. The largest absolute Gasteiger partial charge is 0.370 e. The van der Waals surface area contributed by atoms with Crippen LogP contribution < -0.4 is 16.0 Å². The predicted octanol–water partition coefficient (Wildman–Crippen LogP) is 1.29. The van der Waals surface area contributed by atoms with E-state index in [4.69, 9.17) is 10.5 Å². The fourth-order valence-corrected chi connectivity index (χ4v) is 3.09. The highest BCUT2D eigenvalue weighted by Gasteiger charge is 2.25. The lowest BCUT2D eigenvalue weighted by Gasteiger charge is -2.32. The minimum atomic E-state index is -0.394. The maximum atomic E-state index is 12.6. The Bertz CT molecular complexity index is 625. The van der Waals surface area contributed by atoms with Crippen LogP contribution in [0.25, 0.3) is 0 Å². The van der Waals surface area contributed by atoms with Gasteiger partial charge in [0.15, 0.2) is 0 Å². The number of carbonyl (C=O) groups excluding carboxylic acids is 2. The third-order valence-corrected chi connectivity index (χ3v) is 4.21. The van der Waals surface area contributed by atoms with Crippen molar-refractivity contribution in [3.8, 4) is 0 Å². The topological polar surface area (TPSA) is 87.9 Å². The van der Waals surface area contributed by atoms with Gasteiger partial charge in [-0.1, -0.05) is 20.8 Å². The van der Waals surface area contributed by atoms with E-state index in [0.29, 0.717) is 18.8 Å². The number of nitrogens with two attached hydrogens (primary N) is 1. The number of nitrogens with one attached hydrogen (secondary N) is 1. The Labute approximate surface area is 155 Å². The summed E-state index contributed by atoms with van der Waals surface area (Å²) in [7, 11) is 1.91. The molecule has 0 radical (unpaired) electrons. The molecule has 26 heavy (non-hydrogen) atoms. The van der Waals surface area contributed by atoms with Gasteiger partial charge in [0.05, 0.1) is 6.61 Å². The summed E-state index contributed by atoms with van der Waals surface area (Å²) in [5.41, 5.74) is 7.39. The van der Waals surface area contributed by atoms with Crippen molar-refractivity contribution in [2.45, 2.75) is 26.8 Å². The molecule has 1 aromatic carbocycles. The zero-order chi connectivity index (χ0) is 19.3. The molecule has 0 aliphatic carbocycles. The molecule has 0 aromatic heterocycles. The zero-order valence-corrected chi connectivity index (χ0v) is 16.1. The van der Waals surface area contributed by atoms with E-state index in [1.54, 1.807) is 17.0 Å². The van der Waals surface area contributed by atoms with Gasteiger partial charge in [-0.2, -0.15) is 0 Å². The summed E-state index contributed by atoms with van der Waals surface area (Å²) in [5.74, 6) is -0.186. The fraction of sp³-hybridized carbons (Fsp3) is 0.579. The number of morpholine rings is 1. The number of likely N-dealkylation sites (N-methyl/N-ethyl adjacent to an activating group) is 1. The van der Waals surface area contributed by atoms with Gasteiger partial charge in [-0.25, -0.2) is 0 Å². The number of nitrogens with zero attached hydrogens (tertiary/aromatic N) is 2. The first-order valence-corrected chi connectivity index (χ1v) is 8.90. The standard InChI is InChI=1S/C19H30N4O3/c1-19(2,3)13-22(4)16(11-20)18(25)21-14-5-7-15(8-6-14)23-9-10-26-12-17(23)24/h5-8,16H,9-13,20H2,1-4H3,(H,21,25)/t16-/m0/s1. The van der Waals surface area contributed by atoms with Gasteiger partial charge in [-0.3, -0.25) is 14.5 Å². The first-order valence-electron chi connectivity index (χ1n) is 8.90. The molecule has 1 aliphatic rings. The molecule has 1 fully saturated rings. The number of rotatable bonds is 6. The van der Waals surface area contributed by atoms with Gasteiger partial charge in [0.25, 0.3) is 5.91 Å². The van der Waals surface area contributed by atoms with Gasteiger partial charge in [-0.15, -0.1) is 0 Å². The lowest BCUT2D eigenvalue weighted by Crippen LogP contribution is -2.49. The predicted molar refractivity (Wildman–Crippen MR) is 103 cm³/mol. The molecule has 7 heteroatoms. The Morgan fingerprint density at radius 3 is 2.54 bits per heavy atom. The van der Waals surface area contributed by atoms with E-state index < -0.39 is 6.04 Å². The van der Waals surface area contributed by atoms with E-state index in [-0.39, 0.29) is 30.4 Å². The summed E-state index contributed by atoms with van der Waals surface area (Å²) < 4.78 is 5.14. The second kappa shape index (κ2) is 8.62. The van der Waals surface area contributed by atoms with Gasteiger partial charge >= 0.3 is 0 Å². The maximum Gasteiger partial charge on any atom is 0.253 e. The minimum absolute atomic E-state index is 0.0555. The van der Waals surface area contributed by atoms with Crippen molar-refractivity contribution in [2.75, 3.05) is 50.1 Å². The number of anilines is 2. The first kappa shape index (κ1) is 20.4. The molecule has 0 unspecified atom stereocenters. The van der Waals surface area contributed by atoms with Crippen LogP contribution in [-0.4, -0.2) is 62.7 Å². The molecule has 1 atom stereocenters. The number of ether oxygens (including phenoxy) is 1. The van der Waals surface area contributed by atoms with Crippen LogP contribution in [0.1, 0.15) is 20.8 Å². The minimum Gasteiger partial charge on any atom is -0.370 e. The number of carbonyl (C=O) groups is 2.